The van der Waals surface area contributed by atoms with Gasteiger partial charge in [0.05, 0.1) is 0 Å². The summed E-state index contributed by atoms with van der Waals surface area (Å²) in [7, 11) is 0. The van der Waals surface area contributed by atoms with Gasteiger partial charge in [-0.15, -0.1) is 11.8 Å². The quantitative estimate of drug-likeness (QED) is 0.869. The van der Waals surface area contributed by atoms with Crippen molar-refractivity contribution in [2.45, 2.75) is 54.8 Å². The fraction of sp³-hybridized carbons (Fsp3) is 0.533. The Morgan fingerprint density at radius 1 is 1.42 bits per heavy atom. The van der Waals surface area contributed by atoms with Crippen LogP contribution in [0.4, 0.5) is 0 Å². The number of carboxylic acid groups (broad SMARTS) is 1. The number of hydrogen-bond acceptors (Lipinski definition) is 3. The van der Waals surface area contributed by atoms with Crippen molar-refractivity contribution in [3.8, 4) is 0 Å². The number of carbonyl (C=O) groups is 1. The van der Waals surface area contributed by atoms with E-state index in [1.165, 1.54) is 4.90 Å². The third-order valence-corrected chi connectivity index (χ3v) is 4.77. The van der Waals surface area contributed by atoms with Crippen LogP contribution in [0.25, 0.3) is 0 Å². The lowest BCUT2D eigenvalue weighted by Gasteiger charge is -2.28. The molecule has 1 aromatic rings. The highest BCUT2D eigenvalue weighted by molar-refractivity contribution is 8.00. The molecule has 2 unspecified atom stereocenters. The highest BCUT2D eigenvalue weighted by atomic mass is 32.2. The fourth-order valence-corrected chi connectivity index (χ4v) is 4.03. The van der Waals surface area contributed by atoms with Gasteiger partial charge in [0.2, 0.25) is 0 Å². The number of rotatable bonds is 5. The summed E-state index contributed by atoms with van der Waals surface area (Å²) in [5.41, 5.74) is -0.736. The molecule has 2 atom stereocenters. The summed E-state index contributed by atoms with van der Waals surface area (Å²) in [5, 5.41) is 13.2. The molecule has 0 spiro atoms. The van der Waals surface area contributed by atoms with E-state index in [0.717, 1.165) is 6.42 Å². The largest absolute Gasteiger partial charge is 0.480 e. The van der Waals surface area contributed by atoms with Crippen LogP contribution in [0, 0.1) is 0 Å². The Kier molecular flexibility index (Phi) is 4.53. The molecule has 2 rings (SSSR count). The van der Waals surface area contributed by atoms with E-state index >= 15 is 0 Å². The summed E-state index contributed by atoms with van der Waals surface area (Å²) in [4.78, 5) is 12.8. The van der Waals surface area contributed by atoms with E-state index in [1.54, 1.807) is 11.8 Å². The van der Waals surface area contributed by atoms with Gasteiger partial charge in [0.1, 0.15) is 5.54 Å². The molecule has 0 heterocycles. The number of hydrogen-bond donors (Lipinski definition) is 2. The van der Waals surface area contributed by atoms with Gasteiger partial charge in [-0.2, -0.15) is 0 Å². The Bertz CT molecular complexity index is 435. The Morgan fingerprint density at radius 3 is 2.68 bits per heavy atom. The first-order valence-electron chi connectivity index (χ1n) is 6.75. The second-order valence-corrected chi connectivity index (χ2v) is 6.86. The topological polar surface area (TPSA) is 49.3 Å². The third-order valence-electron chi connectivity index (χ3n) is 3.49. The van der Waals surface area contributed by atoms with Crippen LogP contribution in [0.3, 0.4) is 0 Å². The Labute approximate surface area is 118 Å². The van der Waals surface area contributed by atoms with Gasteiger partial charge < -0.3 is 5.11 Å². The molecule has 2 N–H and O–H groups in total. The first-order chi connectivity index (χ1) is 9.02. The monoisotopic (exact) mass is 279 g/mol. The molecule has 4 heteroatoms. The van der Waals surface area contributed by atoms with Crippen molar-refractivity contribution in [3.63, 3.8) is 0 Å². The molecule has 0 radical (unpaired) electrons. The van der Waals surface area contributed by atoms with E-state index in [2.05, 4.69) is 17.4 Å². The smallest absolute Gasteiger partial charge is 0.323 e. The molecule has 0 aromatic heterocycles. The van der Waals surface area contributed by atoms with Crippen molar-refractivity contribution in [2.75, 3.05) is 0 Å². The van der Waals surface area contributed by atoms with E-state index in [9.17, 15) is 9.90 Å². The fourth-order valence-electron chi connectivity index (χ4n) is 2.73. The molecule has 0 aliphatic heterocycles. The van der Waals surface area contributed by atoms with Gasteiger partial charge in [-0.1, -0.05) is 18.2 Å². The maximum absolute atomic E-state index is 11.6. The van der Waals surface area contributed by atoms with E-state index in [-0.39, 0.29) is 6.04 Å². The molecule has 3 nitrogen and oxygen atoms in total. The van der Waals surface area contributed by atoms with Gasteiger partial charge >= 0.3 is 5.97 Å². The number of thioether (sulfide) groups is 1. The zero-order valence-corrected chi connectivity index (χ0v) is 12.2. The van der Waals surface area contributed by atoms with Gasteiger partial charge in [-0.3, -0.25) is 10.1 Å². The maximum atomic E-state index is 11.6. The van der Waals surface area contributed by atoms with Crippen molar-refractivity contribution < 1.29 is 9.90 Å². The molecule has 0 saturated heterocycles. The number of aliphatic carboxylic acids is 1. The van der Waals surface area contributed by atoms with Crippen LogP contribution in [0.15, 0.2) is 35.2 Å². The molecule has 1 saturated carbocycles. The summed E-state index contributed by atoms with van der Waals surface area (Å²) in [6.45, 7) is 4.00. The highest BCUT2D eigenvalue weighted by Gasteiger charge is 2.45. The molecule has 19 heavy (non-hydrogen) atoms. The molecule has 104 valence electrons. The van der Waals surface area contributed by atoms with Crippen LogP contribution < -0.4 is 5.32 Å². The lowest BCUT2D eigenvalue weighted by Crippen LogP contribution is -2.53. The van der Waals surface area contributed by atoms with Crippen LogP contribution in [0.2, 0.25) is 0 Å². The summed E-state index contributed by atoms with van der Waals surface area (Å²) < 4.78 is 0. The standard InChI is InChI=1S/C15H21NO2S/c1-11(2)16-15(14(17)18)9-8-13(10-15)19-12-6-4-3-5-7-12/h3-7,11,13,16H,8-10H2,1-2H3,(H,17,18). The SMILES string of the molecule is CC(C)NC1(C(=O)O)CCC(Sc2ccccc2)C1. The van der Waals surface area contributed by atoms with Crippen LogP contribution >= 0.6 is 11.8 Å². The van der Waals surface area contributed by atoms with Gasteiger partial charge in [0.15, 0.2) is 0 Å². The van der Waals surface area contributed by atoms with E-state index in [4.69, 9.17) is 0 Å². The van der Waals surface area contributed by atoms with Crippen LogP contribution in [0.5, 0.6) is 0 Å². The molecule has 0 amide bonds. The first kappa shape index (κ1) is 14.4. The molecule has 1 fully saturated rings. The average Bonchev–Trinajstić information content (AvgIpc) is 2.74. The van der Waals surface area contributed by atoms with Crippen molar-refractivity contribution in [3.05, 3.63) is 30.3 Å². The van der Waals surface area contributed by atoms with E-state index in [0.29, 0.717) is 18.1 Å². The van der Waals surface area contributed by atoms with Crippen molar-refractivity contribution in [2.24, 2.45) is 0 Å². The predicted molar refractivity (Wildman–Crippen MR) is 78.6 cm³/mol. The Hall–Kier alpha value is -1.00. The summed E-state index contributed by atoms with van der Waals surface area (Å²) in [6.07, 6.45) is 2.36. The zero-order chi connectivity index (χ0) is 13.9. The number of benzene rings is 1. The van der Waals surface area contributed by atoms with Gasteiger partial charge in [-0.05, 0) is 45.2 Å². The minimum Gasteiger partial charge on any atom is -0.480 e. The second kappa shape index (κ2) is 5.97. The van der Waals surface area contributed by atoms with Gasteiger partial charge in [0, 0.05) is 16.2 Å². The van der Waals surface area contributed by atoms with Crippen molar-refractivity contribution >= 4 is 17.7 Å². The lowest BCUT2D eigenvalue weighted by molar-refractivity contribution is -0.145. The molecule has 1 aliphatic rings. The predicted octanol–water partition coefficient (Wildman–Crippen LogP) is 3.15. The first-order valence-corrected chi connectivity index (χ1v) is 7.62. The highest BCUT2D eigenvalue weighted by Crippen LogP contribution is 2.40. The molecule has 1 aliphatic carbocycles. The molecular weight excluding hydrogens is 258 g/mol. The Morgan fingerprint density at radius 2 is 2.11 bits per heavy atom. The minimum atomic E-state index is -0.736. The summed E-state index contributed by atoms with van der Waals surface area (Å²) in [5.74, 6) is -0.711. The summed E-state index contributed by atoms with van der Waals surface area (Å²) >= 11 is 1.79. The van der Waals surface area contributed by atoms with Crippen molar-refractivity contribution in [1.82, 2.24) is 5.32 Å². The van der Waals surface area contributed by atoms with Gasteiger partial charge in [0.25, 0.3) is 0 Å². The maximum Gasteiger partial charge on any atom is 0.323 e. The third kappa shape index (κ3) is 3.51. The van der Waals surface area contributed by atoms with Crippen LogP contribution in [-0.4, -0.2) is 27.9 Å². The normalized spacial score (nSPS) is 26.8. The van der Waals surface area contributed by atoms with E-state index < -0.39 is 11.5 Å². The lowest BCUT2D eigenvalue weighted by atomic mass is 9.97. The van der Waals surface area contributed by atoms with E-state index in [1.807, 2.05) is 32.0 Å². The molecular formula is C15H21NO2S. The average molecular weight is 279 g/mol. The van der Waals surface area contributed by atoms with Crippen LogP contribution in [0.1, 0.15) is 33.1 Å². The minimum absolute atomic E-state index is 0.191. The summed E-state index contributed by atoms with van der Waals surface area (Å²) in [6, 6.07) is 10.4. The van der Waals surface area contributed by atoms with Crippen LogP contribution in [-0.2, 0) is 4.79 Å². The molecule has 1 aromatic carbocycles. The van der Waals surface area contributed by atoms with Gasteiger partial charge in [-0.25, -0.2) is 0 Å². The zero-order valence-electron chi connectivity index (χ0n) is 11.4. The number of carboxylic acids is 1. The number of nitrogens with one attached hydrogen (secondary N) is 1. The molecule has 0 bridgehead atoms. The second-order valence-electron chi connectivity index (χ2n) is 5.48. The van der Waals surface area contributed by atoms with Crippen molar-refractivity contribution in [1.29, 1.82) is 0 Å². The Balaban J connectivity index is 2.03.